The van der Waals surface area contributed by atoms with E-state index in [1.807, 2.05) is 0 Å². The second-order valence-electron chi connectivity index (χ2n) is 6.57. The fourth-order valence-electron chi connectivity index (χ4n) is 2.47. The molecule has 1 rings (SSSR count). The van der Waals surface area contributed by atoms with E-state index in [9.17, 15) is 24.6 Å². The molecule has 11 nitrogen and oxygen atoms in total. The first-order valence-corrected chi connectivity index (χ1v) is 9.80. The van der Waals surface area contributed by atoms with Gasteiger partial charge in [0.1, 0.15) is 17.8 Å². The van der Waals surface area contributed by atoms with Crippen molar-refractivity contribution in [2.24, 2.45) is 22.2 Å². The second-order valence-corrected chi connectivity index (χ2v) is 6.93. The van der Waals surface area contributed by atoms with Gasteiger partial charge in [0.25, 0.3) is 0 Å². The van der Waals surface area contributed by atoms with Gasteiger partial charge in [0.2, 0.25) is 11.8 Å². The number of amides is 2. The lowest BCUT2D eigenvalue weighted by Crippen LogP contribution is -2.55. The third kappa shape index (κ3) is 9.01. The van der Waals surface area contributed by atoms with E-state index in [0.29, 0.717) is 12.0 Å². The van der Waals surface area contributed by atoms with Crippen molar-refractivity contribution in [3.05, 3.63) is 29.8 Å². The largest absolute Gasteiger partial charge is 0.508 e. The van der Waals surface area contributed by atoms with Crippen LogP contribution >= 0.6 is 12.6 Å². The van der Waals surface area contributed by atoms with Crippen molar-refractivity contribution in [1.29, 1.82) is 0 Å². The van der Waals surface area contributed by atoms with Gasteiger partial charge in [-0.05, 0) is 30.5 Å². The molecule has 1 aromatic rings. The molecule has 0 spiro atoms. The lowest BCUT2D eigenvalue weighted by Gasteiger charge is -2.22. The van der Waals surface area contributed by atoms with Gasteiger partial charge < -0.3 is 38.0 Å². The lowest BCUT2D eigenvalue weighted by molar-refractivity contribution is -0.142. The maximum Gasteiger partial charge on any atom is 0.326 e. The molecule has 0 aliphatic carbocycles. The molecule has 12 heteroatoms. The van der Waals surface area contributed by atoms with Crippen molar-refractivity contribution in [1.82, 2.24) is 10.6 Å². The van der Waals surface area contributed by atoms with Crippen LogP contribution in [0.2, 0.25) is 0 Å². The minimum absolute atomic E-state index is 0.0487. The highest BCUT2D eigenvalue weighted by Gasteiger charge is 2.27. The smallest absolute Gasteiger partial charge is 0.326 e. The molecule has 10 N–H and O–H groups in total. The molecule has 2 amide bonds. The molecule has 1 aromatic carbocycles. The highest BCUT2D eigenvalue weighted by atomic mass is 32.1. The van der Waals surface area contributed by atoms with E-state index in [-0.39, 0.29) is 36.8 Å². The van der Waals surface area contributed by atoms with Crippen molar-refractivity contribution in [2.75, 3.05) is 12.3 Å². The number of carboxylic acids is 1. The predicted molar refractivity (Wildman–Crippen MR) is 115 cm³/mol. The van der Waals surface area contributed by atoms with E-state index in [0.717, 1.165) is 0 Å². The number of aliphatic imine (C=N–C) groups is 1. The van der Waals surface area contributed by atoms with Crippen LogP contribution in [0.5, 0.6) is 5.75 Å². The minimum Gasteiger partial charge on any atom is -0.508 e. The topological polar surface area (TPSA) is 206 Å². The monoisotopic (exact) mass is 440 g/mol. The van der Waals surface area contributed by atoms with Gasteiger partial charge in [0.05, 0.1) is 6.04 Å². The number of aromatic hydroxyl groups is 1. The number of hydrogen-bond donors (Lipinski definition) is 8. The second kappa shape index (κ2) is 12.5. The van der Waals surface area contributed by atoms with E-state index in [2.05, 4.69) is 28.3 Å². The number of thiol groups is 1. The average Bonchev–Trinajstić information content (AvgIpc) is 2.69. The summed E-state index contributed by atoms with van der Waals surface area (Å²) in [7, 11) is 0. The quantitative estimate of drug-likeness (QED) is 0.0811. The third-order valence-corrected chi connectivity index (χ3v) is 4.50. The van der Waals surface area contributed by atoms with Gasteiger partial charge in [0.15, 0.2) is 5.96 Å². The van der Waals surface area contributed by atoms with Gasteiger partial charge in [-0.25, -0.2) is 4.79 Å². The molecule has 0 bridgehead atoms. The Morgan fingerprint density at radius 3 is 2.20 bits per heavy atom. The Balaban J connectivity index is 2.89. The number of carboxylic acid groups (broad SMARTS) is 1. The summed E-state index contributed by atoms with van der Waals surface area (Å²) in [5.41, 5.74) is 16.7. The van der Waals surface area contributed by atoms with Crippen molar-refractivity contribution in [3.8, 4) is 5.75 Å². The number of aliphatic carboxylic acids is 1. The number of rotatable bonds is 12. The molecule has 0 aromatic heterocycles. The molecule has 0 radical (unpaired) electrons. The van der Waals surface area contributed by atoms with Crippen LogP contribution in [0.25, 0.3) is 0 Å². The Labute approximate surface area is 179 Å². The Kier molecular flexibility index (Phi) is 10.5. The third-order valence-electron chi connectivity index (χ3n) is 4.10. The number of phenols is 1. The summed E-state index contributed by atoms with van der Waals surface area (Å²) >= 11 is 3.96. The minimum atomic E-state index is -1.23. The van der Waals surface area contributed by atoms with E-state index >= 15 is 0 Å². The van der Waals surface area contributed by atoms with Gasteiger partial charge in [-0.15, -0.1) is 0 Å². The predicted octanol–water partition coefficient (Wildman–Crippen LogP) is -1.70. The molecule has 0 saturated carbocycles. The molecule has 0 aliphatic rings. The first-order valence-electron chi connectivity index (χ1n) is 9.17. The molecule has 30 heavy (non-hydrogen) atoms. The number of phenolic OH excluding ortho intramolecular Hbond substituents is 1. The number of nitrogens with one attached hydrogen (secondary N) is 2. The van der Waals surface area contributed by atoms with Crippen molar-refractivity contribution < 1.29 is 24.6 Å². The van der Waals surface area contributed by atoms with Crippen molar-refractivity contribution in [3.63, 3.8) is 0 Å². The van der Waals surface area contributed by atoms with E-state index in [4.69, 9.17) is 17.2 Å². The summed E-state index contributed by atoms with van der Waals surface area (Å²) in [5.74, 6) is -2.49. The molecule has 3 atom stereocenters. The molecule has 0 saturated heterocycles. The molecule has 0 aliphatic heterocycles. The molecule has 0 fully saturated rings. The van der Waals surface area contributed by atoms with Crippen molar-refractivity contribution >= 4 is 36.4 Å². The van der Waals surface area contributed by atoms with E-state index in [1.165, 1.54) is 12.1 Å². The van der Waals surface area contributed by atoms with Crippen LogP contribution in [-0.2, 0) is 20.8 Å². The summed E-state index contributed by atoms with van der Waals surface area (Å²) in [6.45, 7) is 0.215. The Morgan fingerprint density at radius 2 is 1.67 bits per heavy atom. The zero-order valence-corrected chi connectivity index (χ0v) is 17.2. The summed E-state index contributed by atoms with van der Waals surface area (Å²) < 4.78 is 0. The molecule has 0 unspecified atom stereocenters. The fraction of sp³-hybridized carbons (Fsp3) is 0.444. The first-order chi connectivity index (χ1) is 14.1. The van der Waals surface area contributed by atoms with Gasteiger partial charge >= 0.3 is 5.97 Å². The molecule has 0 heterocycles. The van der Waals surface area contributed by atoms with E-state index in [1.54, 1.807) is 12.1 Å². The van der Waals surface area contributed by atoms with Crippen LogP contribution in [0.4, 0.5) is 0 Å². The van der Waals surface area contributed by atoms with Crippen molar-refractivity contribution in [2.45, 2.75) is 37.4 Å². The lowest BCUT2D eigenvalue weighted by atomic mass is 10.0. The zero-order chi connectivity index (χ0) is 22.7. The number of carbonyl (C=O) groups is 3. The number of carbonyl (C=O) groups excluding carboxylic acids is 2. The first kappa shape index (κ1) is 25.0. The number of hydrogen-bond acceptors (Lipinski definition) is 7. The number of nitrogens with two attached hydrogens (primary N) is 3. The Morgan fingerprint density at radius 1 is 1.07 bits per heavy atom. The standard InChI is InChI=1S/C18H28N6O5S/c19-12(9-30)15(26)24-14(8-10-3-5-11(25)6-4-10)16(27)23-13(17(28)29)2-1-7-22-18(20)21/h3-6,12-14,25,30H,1-2,7-9,19H2,(H,23,27)(H,24,26)(H,28,29)(H4,20,21,22)/t12-,13-,14-/m0/s1. The van der Waals surface area contributed by atoms with Gasteiger partial charge in [-0.1, -0.05) is 12.1 Å². The SMILES string of the molecule is NC(N)=NCCC[C@H](NC(=O)[C@H](Cc1ccc(O)cc1)NC(=O)[C@@H](N)CS)C(=O)O. The fourth-order valence-corrected chi connectivity index (χ4v) is 2.64. The Bertz CT molecular complexity index is 754. The summed E-state index contributed by atoms with van der Waals surface area (Å²) in [6, 6.07) is 2.86. The summed E-state index contributed by atoms with van der Waals surface area (Å²) in [6.07, 6.45) is 0.486. The normalized spacial score (nSPS) is 13.5. The van der Waals surface area contributed by atoms with E-state index < -0.39 is 35.9 Å². The Hall–Kier alpha value is -2.99. The van der Waals surface area contributed by atoms with Crippen LogP contribution in [0.15, 0.2) is 29.3 Å². The number of benzene rings is 1. The van der Waals surface area contributed by atoms with Gasteiger partial charge in [-0.2, -0.15) is 12.6 Å². The van der Waals surface area contributed by atoms with Crippen LogP contribution in [0, 0.1) is 0 Å². The van der Waals surface area contributed by atoms with Gasteiger partial charge in [0, 0.05) is 18.7 Å². The summed E-state index contributed by atoms with van der Waals surface area (Å²) in [5, 5.41) is 23.7. The number of guanidine groups is 1. The van der Waals surface area contributed by atoms with Crippen LogP contribution in [0.3, 0.4) is 0 Å². The highest BCUT2D eigenvalue weighted by Crippen LogP contribution is 2.12. The maximum absolute atomic E-state index is 12.8. The highest BCUT2D eigenvalue weighted by molar-refractivity contribution is 7.80. The number of nitrogens with zero attached hydrogens (tertiary/aromatic N) is 1. The van der Waals surface area contributed by atoms with Crippen LogP contribution in [0.1, 0.15) is 18.4 Å². The van der Waals surface area contributed by atoms with Crippen LogP contribution in [-0.4, -0.2) is 64.4 Å². The molecular weight excluding hydrogens is 412 g/mol. The zero-order valence-electron chi connectivity index (χ0n) is 16.3. The maximum atomic E-state index is 12.8. The summed E-state index contributed by atoms with van der Waals surface area (Å²) in [4.78, 5) is 40.2. The average molecular weight is 441 g/mol. The molecular formula is C18H28N6O5S. The molecule has 166 valence electrons. The van der Waals surface area contributed by atoms with Crippen LogP contribution < -0.4 is 27.8 Å². The van der Waals surface area contributed by atoms with Gasteiger partial charge in [-0.3, -0.25) is 14.6 Å².